The maximum atomic E-state index is 12.2. The summed E-state index contributed by atoms with van der Waals surface area (Å²) in [6.45, 7) is 9.54. The molecule has 0 bridgehead atoms. The Morgan fingerprint density at radius 2 is 1.45 bits per heavy atom. The summed E-state index contributed by atoms with van der Waals surface area (Å²) >= 11 is 0. The van der Waals surface area contributed by atoms with Gasteiger partial charge in [0.2, 0.25) is 0 Å². The molecule has 1 atom stereocenters. The summed E-state index contributed by atoms with van der Waals surface area (Å²) in [5, 5.41) is 0. The number of hydrogen-bond acceptors (Lipinski definition) is 4. The third kappa shape index (κ3) is 2.44. The Morgan fingerprint density at radius 3 is 1.80 bits per heavy atom. The van der Waals surface area contributed by atoms with Crippen LogP contribution in [0.25, 0.3) is 0 Å². The van der Waals surface area contributed by atoms with Gasteiger partial charge in [-0.1, -0.05) is 12.2 Å². The van der Waals surface area contributed by atoms with Crippen molar-refractivity contribution < 1.29 is 4.74 Å². The fraction of sp³-hybridized carbons (Fsp3) is 0.462. The Morgan fingerprint density at radius 1 is 1.05 bits per heavy atom. The highest BCUT2D eigenvalue weighted by Gasteiger charge is 2.40. The molecule has 0 spiro atoms. The van der Waals surface area contributed by atoms with Crippen molar-refractivity contribution >= 4 is 0 Å². The van der Waals surface area contributed by atoms with Crippen LogP contribution in [0.4, 0.5) is 0 Å². The lowest BCUT2D eigenvalue weighted by Crippen LogP contribution is -2.55. The summed E-state index contributed by atoms with van der Waals surface area (Å²) in [6, 6.07) is 0. The molecule has 1 aliphatic heterocycles. The van der Waals surface area contributed by atoms with Crippen molar-refractivity contribution in [2.24, 2.45) is 0 Å². The second kappa shape index (κ2) is 5.09. The van der Waals surface area contributed by atoms with Crippen molar-refractivity contribution in [1.82, 2.24) is 13.7 Å². The largest absolute Gasteiger partial charge is 0.368 e. The Labute approximate surface area is 115 Å². The van der Waals surface area contributed by atoms with E-state index in [0.29, 0.717) is 6.61 Å². The first kappa shape index (κ1) is 14.3. The highest BCUT2D eigenvalue weighted by molar-refractivity contribution is 4.91. The molecule has 20 heavy (non-hydrogen) atoms. The van der Waals surface area contributed by atoms with Gasteiger partial charge in [0.25, 0.3) is 0 Å². The number of nitrogens with zero attached hydrogens (tertiary/aromatic N) is 3. The summed E-state index contributed by atoms with van der Waals surface area (Å²) < 4.78 is 8.19. The van der Waals surface area contributed by atoms with Gasteiger partial charge in [-0.25, -0.2) is 28.1 Å². The molecule has 1 unspecified atom stereocenters. The molecule has 0 aliphatic carbocycles. The van der Waals surface area contributed by atoms with Crippen molar-refractivity contribution in [3.8, 4) is 0 Å². The zero-order valence-electron chi connectivity index (χ0n) is 11.4. The van der Waals surface area contributed by atoms with Crippen LogP contribution in [-0.4, -0.2) is 25.9 Å². The van der Waals surface area contributed by atoms with E-state index < -0.39 is 22.7 Å². The normalized spacial score (nSPS) is 20.6. The third-order valence-corrected chi connectivity index (χ3v) is 3.14. The number of aromatic nitrogens is 3. The molecule has 0 amide bonds. The quantitative estimate of drug-likeness (QED) is 0.511. The molecule has 0 N–H and O–H groups in total. The molecule has 0 aromatic carbocycles. The molecule has 1 aliphatic rings. The van der Waals surface area contributed by atoms with Gasteiger partial charge in [-0.05, 0) is 6.92 Å². The predicted octanol–water partition coefficient (Wildman–Crippen LogP) is -0.667. The maximum absolute atomic E-state index is 12.2. The minimum Gasteiger partial charge on any atom is -0.368 e. The molecule has 2 rings (SSSR count). The van der Waals surface area contributed by atoms with Gasteiger partial charge < -0.3 is 4.74 Å². The minimum absolute atomic E-state index is 0.0483. The van der Waals surface area contributed by atoms with Crippen LogP contribution in [0.2, 0.25) is 0 Å². The Kier molecular flexibility index (Phi) is 3.63. The van der Waals surface area contributed by atoms with Gasteiger partial charge in [0, 0.05) is 0 Å². The zero-order valence-corrected chi connectivity index (χ0v) is 11.4. The van der Waals surface area contributed by atoms with Gasteiger partial charge in [-0.15, -0.1) is 13.2 Å². The second-order valence-electron chi connectivity index (χ2n) is 4.97. The van der Waals surface area contributed by atoms with Gasteiger partial charge in [0.15, 0.2) is 0 Å². The summed E-state index contributed by atoms with van der Waals surface area (Å²) in [4.78, 5) is 36.6. The Hall–Kier alpha value is -2.15. The van der Waals surface area contributed by atoms with Gasteiger partial charge in [-0.2, -0.15) is 0 Å². The van der Waals surface area contributed by atoms with Crippen LogP contribution in [0.3, 0.4) is 0 Å². The zero-order chi connectivity index (χ0) is 14.9. The molecule has 1 aromatic rings. The summed E-state index contributed by atoms with van der Waals surface area (Å²) in [7, 11) is 0. The van der Waals surface area contributed by atoms with E-state index in [-0.39, 0.29) is 19.6 Å². The van der Waals surface area contributed by atoms with E-state index in [1.807, 2.05) is 0 Å². The molecule has 108 valence electrons. The lowest BCUT2D eigenvalue weighted by molar-refractivity contribution is 0.280. The highest BCUT2D eigenvalue weighted by Crippen LogP contribution is 2.26. The minimum atomic E-state index is -0.655. The average molecular weight is 279 g/mol. The van der Waals surface area contributed by atoms with Crippen molar-refractivity contribution in [2.45, 2.75) is 32.2 Å². The maximum Gasteiger partial charge on any atom is 0.336 e. The molecule has 0 radical (unpaired) electrons. The van der Waals surface area contributed by atoms with Crippen molar-refractivity contribution in [2.75, 3.05) is 6.61 Å². The molecular weight excluding hydrogens is 262 g/mol. The standard InChI is InChI=1S/C13H17N3O4/c1-4-6-14-10(17)15(7-5-2)12(19)16(11(14)18)8-13(3)9-20-13/h4-5H,1-2,6-9H2,3H3. The number of rotatable bonds is 6. The average Bonchev–Trinajstić information content (AvgIpc) is 3.14. The fourth-order valence-electron chi connectivity index (χ4n) is 1.94. The van der Waals surface area contributed by atoms with Crippen LogP contribution in [0.5, 0.6) is 0 Å². The van der Waals surface area contributed by atoms with E-state index in [1.165, 1.54) is 12.2 Å². The summed E-state index contributed by atoms with van der Waals surface area (Å²) in [6.07, 6.45) is 2.87. The van der Waals surface area contributed by atoms with Crippen LogP contribution >= 0.6 is 0 Å². The topological polar surface area (TPSA) is 78.5 Å². The summed E-state index contributed by atoms with van der Waals surface area (Å²) in [5.41, 5.74) is -2.45. The molecule has 1 aromatic heterocycles. The molecular formula is C13H17N3O4. The van der Waals surface area contributed by atoms with E-state index in [4.69, 9.17) is 4.74 Å². The Bertz CT molecular complexity index is 670. The third-order valence-electron chi connectivity index (χ3n) is 3.14. The highest BCUT2D eigenvalue weighted by atomic mass is 16.6. The van der Waals surface area contributed by atoms with E-state index in [2.05, 4.69) is 13.2 Å². The van der Waals surface area contributed by atoms with Crippen LogP contribution in [0.15, 0.2) is 39.7 Å². The van der Waals surface area contributed by atoms with E-state index in [9.17, 15) is 14.4 Å². The first-order valence-corrected chi connectivity index (χ1v) is 6.24. The van der Waals surface area contributed by atoms with Crippen LogP contribution in [0.1, 0.15) is 6.92 Å². The van der Waals surface area contributed by atoms with Crippen molar-refractivity contribution in [1.29, 1.82) is 0 Å². The molecule has 0 saturated carbocycles. The smallest absolute Gasteiger partial charge is 0.336 e. The van der Waals surface area contributed by atoms with Crippen LogP contribution in [0, 0.1) is 0 Å². The number of epoxide rings is 1. The summed E-state index contributed by atoms with van der Waals surface area (Å²) in [5.74, 6) is 0. The lowest BCUT2D eigenvalue weighted by Gasteiger charge is -2.13. The first-order chi connectivity index (χ1) is 9.43. The van der Waals surface area contributed by atoms with Crippen LogP contribution < -0.4 is 17.1 Å². The number of allylic oxidation sites excluding steroid dienone is 2. The SMILES string of the molecule is C=CCn1c(=O)n(CC=C)c(=O)n(CC2(C)CO2)c1=O. The van der Waals surface area contributed by atoms with E-state index >= 15 is 0 Å². The van der Waals surface area contributed by atoms with Gasteiger partial charge in [0.05, 0.1) is 26.2 Å². The van der Waals surface area contributed by atoms with Crippen LogP contribution in [-0.2, 0) is 24.4 Å². The van der Waals surface area contributed by atoms with E-state index in [0.717, 1.165) is 13.7 Å². The van der Waals surface area contributed by atoms with Crippen molar-refractivity contribution in [3.05, 3.63) is 56.8 Å². The number of ether oxygens (including phenoxy) is 1. The van der Waals surface area contributed by atoms with E-state index in [1.54, 1.807) is 6.92 Å². The predicted molar refractivity (Wildman–Crippen MR) is 74.0 cm³/mol. The molecule has 2 heterocycles. The first-order valence-electron chi connectivity index (χ1n) is 6.24. The molecule has 1 fully saturated rings. The van der Waals surface area contributed by atoms with Gasteiger partial charge in [-0.3, -0.25) is 0 Å². The second-order valence-corrected chi connectivity index (χ2v) is 4.97. The van der Waals surface area contributed by atoms with Gasteiger partial charge >= 0.3 is 17.1 Å². The molecule has 7 nitrogen and oxygen atoms in total. The lowest BCUT2D eigenvalue weighted by atomic mass is 10.2. The molecule has 1 saturated heterocycles. The Balaban J connectivity index is 2.68. The molecule has 7 heteroatoms. The van der Waals surface area contributed by atoms with Gasteiger partial charge in [0.1, 0.15) is 5.60 Å². The van der Waals surface area contributed by atoms with Crippen molar-refractivity contribution in [3.63, 3.8) is 0 Å². The number of hydrogen-bond donors (Lipinski definition) is 0. The monoisotopic (exact) mass is 279 g/mol. The fourth-order valence-corrected chi connectivity index (χ4v) is 1.94.